The van der Waals surface area contributed by atoms with Crippen molar-refractivity contribution in [3.05, 3.63) is 24.3 Å². The van der Waals surface area contributed by atoms with E-state index in [1.165, 1.54) is 167 Å². The Bertz CT molecular complexity index is 958. The van der Waals surface area contributed by atoms with Crippen molar-refractivity contribution in [1.29, 1.82) is 0 Å². The minimum atomic E-state index is -0.767. The van der Waals surface area contributed by atoms with E-state index >= 15 is 0 Å². The highest BCUT2D eigenvalue weighted by Crippen LogP contribution is 2.16. The molecule has 0 saturated heterocycles. The molecule has 0 rings (SSSR count). The Balaban J connectivity index is 4.32. The molecular formula is C53H98O6. The van der Waals surface area contributed by atoms with Crippen LogP contribution in [0.2, 0.25) is 0 Å². The van der Waals surface area contributed by atoms with Crippen LogP contribution in [0.3, 0.4) is 0 Å². The average Bonchev–Trinajstić information content (AvgIpc) is 3.23. The maximum absolute atomic E-state index is 12.8. The number of carbonyl (C=O) groups excluding carboxylic acids is 3. The van der Waals surface area contributed by atoms with Crippen LogP contribution >= 0.6 is 0 Å². The quantitative estimate of drug-likeness (QED) is 0.0263. The maximum Gasteiger partial charge on any atom is 0.306 e. The van der Waals surface area contributed by atoms with Gasteiger partial charge in [0.15, 0.2) is 6.10 Å². The third-order valence-electron chi connectivity index (χ3n) is 11.5. The van der Waals surface area contributed by atoms with E-state index in [1.807, 2.05) is 0 Å². The van der Waals surface area contributed by atoms with Gasteiger partial charge in [-0.1, -0.05) is 231 Å². The van der Waals surface area contributed by atoms with Gasteiger partial charge in [-0.25, -0.2) is 0 Å². The first-order valence-electron chi connectivity index (χ1n) is 25.8. The molecule has 0 N–H and O–H groups in total. The summed E-state index contributed by atoms with van der Waals surface area (Å²) >= 11 is 0. The highest BCUT2D eigenvalue weighted by molar-refractivity contribution is 5.71. The Morgan fingerprint density at radius 2 is 0.610 bits per heavy atom. The Morgan fingerprint density at radius 3 is 0.966 bits per heavy atom. The number of hydrogen-bond acceptors (Lipinski definition) is 6. The molecule has 0 aromatic carbocycles. The molecule has 6 heteroatoms. The molecule has 0 fully saturated rings. The predicted molar refractivity (Wildman–Crippen MR) is 252 cm³/mol. The van der Waals surface area contributed by atoms with Gasteiger partial charge < -0.3 is 14.2 Å². The number of esters is 3. The largest absolute Gasteiger partial charge is 0.462 e. The van der Waals surface area contributed by atoms with Crippen molar-refractivity contribution in [3.8, 4) is 0 Å². The minimum absolute atomic E-state index is 0.0689. The van der Waals surface area contributed by atoms with Gasteiger partial charge >= 0.3 is 17.9 Å². The van der Waals surface area contributed by atoms with E-state index in [2.05, 4.69) is 45.1 Å². The molecule has 0 spiro atoms. The molecule has 0 amide bonds. The van der Waals surface area contributed by atoms with Crippen molar-refractivity contribution >= 4 is 17.9 Å². The van der Waals surface area contributed by atoms with Gasteiger partial charge in [-0.3, -0.25) is 14.4 Å². The van der Waals surface area contributed by atoms with Crippen LogP contribution in [0.15, 0.2) is 24.3 Å². The lowest BCUT2D eigenvalue weighted by Crippen LogP contribution is -2.30. The fraction of sp³-hybridized carbons (Fsp3) is 0.868. The lowest BCUT2D eigenvalue weighted by molar-refractivity contribution is -0.167. The number of unbranched alkanes of at least 4 members (excludes halogenated alkanes) is 32. The third-order valence-corrected chi connectivity index (χ3v) is 11.5. The van der Waals surface area contributed by atoms with Crippen LogP contribution in [0.4, 0.5) is 0 Å². The van der Waals surface area contributed by atoms with Gasteiger partial charge in [-0.15, -0.1) is 0 Å². The molecule has 0 saturated carbocycles. The maximum atomic E-state index is 12.8. The topological polar surface area (TPSA) is 78.9 Å². The Hall–Kier alpha value is -2.11. The van der Waals surface area contributed by atoms with E-state index in [0.717, 1.165) is 70.6 Å². The van der Waals surface area contributed by atoms with Gasteiger partial charge in [0, 0.05) is 19.3 Å². The lowest BCUT2D eigenvalue weighted by atomic mass is 10.0. The van der Waals surface area contributed by atoms with Crippen molar-refractivity contribution < 1.29 is 28.6 Å². The summed E-state index contributed by atoms with van der Waals surface area (Å²) in [5.74, 6) is -0.864. The summed E-state index contributed by atoms with van der Waals surface area (Å²) in [6.45, 7) is 6.62. The van der Waals surface area contributed by atoms with E-state index in [-0.39, 0.29) is 31.1 Å². The molecule has 1 atom stereocenters. The van der Waals surface area contributed by atoms with Gasteiger partial charge in [0.2, 0.25) is 0 Å². The van der Waals surface area contributed by atoms with Crippen LogP contribution in [-0.2, 0) is 28.6 Å². The summed E-state index contributed by atoms with van der Waals surface area (Å²) in [4.78, 5) is 37.9. The van der Waals surface area contributed by atoms with E-state index in [4.69, 9.17) is 14.2 Å². The second-order valence-corrected chi connectivity index (χ2v) is 17.4. The zero-order valence-electron chi connectivity index (χ0n) is 39.5. The van der Waals surface area contributed by atoms with Crippen LogP contribution < -0.4 is 0 Å². The molecule has 0 aliphatic carbocycles. The van der Waals surface area contributed by atoms with E-state index in [1.54, 1.807) is 0 Å². The Kier molecular flexibility index (Phi) is 46.8. The van der Waals surface area contributed by atoms with Crippen molar-refractivity contribution in [3.63, 3.8) is 0 Å². The van der Waals surface area contributed by atoms with Crippen molar-refractivity contribution in [2.75, 3.05) is 13.2 Å². The SMILES string of the molecule is CCCCC/C=C\C/C=C\CCCCCCCCCC(=O)OC[C@@H](COC(=O)CCCCCCCCCCCCCC)OC(=O)CCCCCCCCCCCCCC. The van der Waals surface area contributed by atoms with E-state index in [0.29, 0.717) is 19.3 Å². The van der Waals surface area contributed by atoms with Gasteiger partial charge in [0.25, 0.3) is 0 Å². The van der Waals surface area contributed by atoms with Crippen LogP contribution in [0.25, 0.3) is 0 Å². The lowest BCUT2D eigenvalue weighted by Gasteiger charge is -2.18. The molecule has 0 radical (unpaired) electrons. The number of rotatable bonds is 47. The Morgan fingerprint density at radius 1 is 0.339 bits per heavy atom. The van der Waals surface area contributed by atoms with E-state index < -0.39 is 6.10 Å². The summed E-state index contributed by atoms with van der Waals surface area (Å²) in [6.07, 6.45) is 54.4. The summed E-state index contributed by atoms with van der Waals surface area (Å²) in [7, 11) is 0. The molecule has 0 heterocycles. The fourth-order valence-corrected chi connectivity index (χ4v) is 7.53. The highest BCUT2D eigenvalue weighted by Gasteiger charge is 2.19. The van der Waals surface area contributed by atoms with Crippen LogP contribution in [0, 0.1) is 0 Å². The first-order chi connectivity index (χ1) is 29.0. The average molecular weight is 831 g/mol. The molecule has 346 valence electrons. The second-order valence-electron chi connectivity index (χ2n) is 17.4. The normalized spacial score (nSPS) is 12.1. The molecule has 0 aromatic rings. The molecule has 0 unspecified atom stereocenters. The van der Waals surface area contributed by atoms with E-state index in [9.17, 15) is 14.4 Å². The summed E-state index contributed by atoms with van der Waals surface area (Å²) in [5.41, 5.74) is 0. The first-order valence-corrected chi connectivity index (χ1v) is 25.8. The summed E-state index contributed by atoms with van der Waals surface area (Å²) in [5, 5.41) is 0. The first kappa shape index (κ1) is 56.9. The number of hydrogen-bond donors (Lipinski definition) is 0. The number of ether oxygens (including phenoxy) is 3. The van der Waals surface area contributed by atoms with Gasteiger partial charge in [-0.05, 0) is 51.4 Å². The standard InChI is InChI=1S/C53H98O6/c1-4-7-10-13-16-19-22-25-26-27-28-29-32-34-37-40-43-46-52(55)58-49-50(59-53(56)47-44-41-38-35-31-24-21-18-15-12-9-6-3)48-57-51(54)45-42-39-36-33-30-23-20-17-14-11-8-5-2/h16,19,25-26,50H,4-15,17-18,20-24,27-49H2,1-3H3/b19-16-,26-25-/t50-/m1/s1. The molecule has 6 nitrogen and oxygen atoms in total. The predicted octanol–water partition coefficient (Wildman–Crippen LogP) is 16.8. The smallest absolute Gasteiger partial charge is 0.306 e. The third kappa shape index (κ3) is 46.8. The molecule has 0 aliphatic rings. The van der Waals surface area contributed by atoms with Crippen molar-refractivity contribution in [1.82, 2.24) is 0 Å². The number of allylic oxidation sites excluding steroid dienone is 4. The molecule has 0 bridgehead atoms. The zero-order chi connectivity index (χ0) is 43.0. The summed E-state index contributed by atoms with van der Waals surface area (Å²) < 4.78 is 16.8. The summed E-state index contributed by atoms with van der Waals surface area (Å²) in [6, 6.07) is 0. The van der Waals surface area contributed by atoms with Crippen molar-refractivity contribution in [2.24, 2.45) is 0 Å². The van der Waals surface area contributed by atoms with Crippen LogP contribution in [0.5, 0.6) is 0 Å². The highest BCUT2D eigenvalue weighted by atomic mass is 16.6. The Labute approximate surface area is 366 Å². The monoisotopic (exact) mass is 831 g/mol. The molecule has 0 aliphatic heterocycles. The van der Waals surface area contributed by atoms with Gasteiger partial charge in [0.1, 0.15) is 13.2 Å². The van der Waals surface area contributed by atoms with Gasteiger partial charge in [-0.2, -0.15) is 0 Å². The second kappa shape index (κ2) is 48.6. The van der Waals surface area contributed by atoms with Gasteiger partial charge in [0.05, 0.1) is 0 Å². The fourth-order valence-electron chi connectivity index (χ4n) is 7.53. The molecule has 59 heavy (non-hydrogen) atoms. The minimum Gasteiger partial charge on any atom is -0.462 e. The molecular weight excluding hydrogens is 733 g/mol. The van der Waals surface area contributed by atoms with Crippen molar-refractivity contribution in [2.45, 2.75) is 284 Å². The van der Waals surface area contributed by atoms with Crippen LogP contribution in [-0.4, -0.2) is 37.2 Å². The molecule has 0 aromatic heterocycles. The van der Waals surface area contributed by atoms with Crippen LogP contribution in [0.1, 0.15) is 278 Å². The number of carbonyl (C=O) groups is 3. The zero-order valence-corrected chi connectivity index (χ0v) is 39.5.